The predicted molar refractivity (Wildman–Crippen MR) is 125 cm³/mol. The molecule has 164 valence electrons. The molecular formula is C23H22N4O3S2. The van der Waals surface area contributed by atoms with Crippen LogP contribution in [0.15, 0.2) is 88.9 Å². The molecule has 2 aromatic carbocycles. The van der Waals surface area contributed by atoms with Crippen molar-refractivity contribution in [3.05, 3.63) is 95.9 Å². The van der Waals surface area contributed by atoms with Gasteiger partial charge >= 0.3 is 0 Å². The van der Waals surface area contributed by atoms with Crippen molar-refractivity contribution in [3.63, 3.8) is 0 Å². The number of fused-ring (bicyclic) bond motifs is 1. The number of primary sulfonamides is 1. The molecule has 0 saturated carbocycles. The third-order valence-corrected chi connectivity index (χ3v) is 6.84. The normalized spacial score (nSPS) is 11.5. The second kappa shape index (κ2) is 9.56. The highest BCUT2D eigenvalue weighted by Gasteiger charge is 2.08. The van der Waals surface area contributed by atoms with Crippen LogP contribution in [-0.2, 0) is 22.2 Å². The number of aromatic nitrogens is 2. The van der Waals surface area contributed by atoms with Gasteiger partial charge in [-0.25, -0.2) is 18.5 Å². The maximum Gasteiger partial charge on any atom is 0.251 e. The Labute approximate surface area is 190 Å². The second-order valence-corrected chi connectivity index (χ2v) is 9.82. The fourth-order valence-corrected chi connectivity index (χ4v) is 4.48. The van der Waals surface area contributed by atoms with Gasteiger partial charge < -0.3 is 9.72 Å². The summed E-state index contributed by atoms with van der Waals surface area (Å²) in [5.41, 5.74) is 3.43. The number of nitrogens with zero attached hydrogens (tertiary/aromatic N) is 2. The number of imidazole rings is 1. The van der Waals surface area contributed by atoms with Crippen molar-refractivity contribution in [1.29, 1.82) is 0 Å². The minimum absolute atomic E-state index is 0.0735. The molecular weight excluding hydrogens is 444 g/mol. The van der Waals surface area contributed by atoms with Crippen LogP contribution in [0.25, 0.3) is 5.65 Å². The van der Waals surface area contributed by atoms with Crippen LogP contribution in [0.1, 0.15) is 21.6 Å². The van der Waals surface area contributed by atoms with E-state index in [1.54, 1.807) is 23.9 Å². The Morgan fingerprint density at radius 1 is 1.03 bits per heavy atom. The van der Waals surface area contributed by atoms with E-state index in [0.717, 1.165) is 27.6 Å². The molecule has 1 amide bonds. The standard InChI is InChI=1S/C23H22N4O3S2/c24-32(29,30)21-10-4-17(5-11-21)12-13-25-23(28)18-6-8-20(9-7-18)31-16-19-15-27-14-2-1-3-22(27)26-19/h1-11,14-15H,12-13,16H2,(H,25,28)(H2,24,29,30). The van der Waals surface area contributed by atoms with Crippen LogP contribution < -0.4 is 10.5 Å². The number of rotatable bonds is 8. The van der Waals surface area contributed by atoms with E-state index in [-0.39, 0.29) is 10.8 Å². The zero-order chi connectivity index (χ0) is 22.6. The first kappa shape index (κ1) is 22.1. The Balaban J connectivity index is 1.26. The van der Waals surface area contributed by atoms with Gasteiger partial charge in [-0.1, -0.05) is 18.2 Å². The Bertz CT molecular complexity index is 1300. The van der Waals surface area contributed by atoms with Crippen LogP contribution >= 0.6 is 11.8 Å². The summed E-state index contributed by atoms with van der Waals surface area (Å²) in [6.07, 6.45) is 4.58. The molecule has 4 rings (SSSR count). The lowest BCUT2D eigenvalue weighted by Crippen LogP contribution is -2.25. The minimum atomic E-state index is -3.70. The zero-order valence-electron chi connectivity index (χ0n) is 17.1. The van der Waals surface area contributed by atoms with Crippen molar-refractivity contribution < 1.29 is 13.2 Å². The van der Waals surface area contributed by atoms with E-state index < -0.39 is 10.0 Å². The van der Waals surface area contributed by atoms with Gasteiger partial charge in [-0.3, -0.25) is 4.79 Å². The van der Waals surface area contributed by atoms with Gasteiger partial charge in [0, 0.05) is 35.2 Å². The van der Waals surface area contributed by atoms with Crippen molar-refractivity contribution in [3.8, 4) is 0 Å². The first-order valence-corrected chi connectivity index (χ1v) is 12.5. The van der Waals surface area contributed by atoms with Gasteiger partial charge in [0.25, 0.3) is 5.91 Å². The summed E-state index contributed by atoms with van der Waals surface area (Å²) in [6, 6.07) is 19.7. The number of amides is 1. The summed E-state index contributed by atoms with van der Waals surface area (Å²) in [5.74, 6) is 0.598. The second-order valence-electron chi connectivity index (χ2n) is 7.21. The predicted octanol–water partition coefficient (Wildman–Crippen LogP) is 3.25. The number of benzene rings is 2. The number of thioether (sulfide) groups is 1. The molecule has 0 atom stereocenters. The molecule has 0 unspecified atom stereocenters. The summed E-state index contributed by atoms with van der Waals surface area (Å²) in [4.78, 5) is 18.1. The Morgan fingerprint density at radius 2 is 1.78 bits per heavy atom. The smallest absolute Gasteiger partial charge is 0.251 e. The maximum absolute atomic E-state index is 12.4. The summed E-state index contributed by atoms with van der Waals surface area (Å²) in [5, 5.41) is 7.98. The monoisotopic (exact) mass is 466 g/mol. The molecule has 0 radical (unpaired) electrons. The minimum Gasteiger partial charge on any atom is -0.352 e. The van der Waals surface area contributed by atoms with E-state index in [9.17, 15) is 13.2 Å². The highest BCUT2D eigenvalue weighted by atomic mass is 32.2. The fourth-order valence-electron chi connectivity index (χ4n) is 3.18. The lowest BCUT2D eigenvalue weighted by atomic mass is 10.1. The van der Waals surface area contributed by atoms with Crippen LogP contribution in [-0.4, -0.2) is 30.3 Å². The van der Waals surface area contributed by atoms with Crippen LogP contribution in [0.5, 0.6) is 0 Å². The molecule has 0 aliphatic rings. The molecule has 0 spiro atoms. The van der Waals surface area contributed by atoms with Gasteiger partial charge in [0.2, 0.25) is 10.0 Å². The molecule has 2 aromatic heterocycles. The topological polar surface area (TPSA) is 107 Å². The molecule has 4 aromatic rings. The summed E-state index contributed by atoms with van der Waals surface area (Å²) in [7, 11) is -3.70. The van der Waals surface area contributed by atoms with Crippen molar-refractivity contribution in [1.82, 2.24) is 14.7 Å². The largest absolute Gasteiger partial charge is 0.352 e. The number of nitrogens with two attached hydrogens (primary N) is 1. The highest BCUT2D eigenvalue weighted by Crippen LogP contribution is 2.23. The first-order chi connectivity index (χ1) is 15.4. The van der Waals surface area contributed by atoms with Gasteiger partial charge in [-0.2, -0.15) is 0 Å². The maximum atomic E-state index is 12.4. The van der Waals surface area contributed by atoms with Crippen molar-refractivity contribution in [2.75, 3.05) is 6.54 Å². The quantitative estimate of drug-likeness (QED) is 0.388. The molecule has 0 fully saturated rings. The fraction of sp³-hybridized carbons (Fsp3) is 0.130. The molecule has 0 aliphatic carbocycles. The van der Waals surface area contributed by atoms with Gasteiger partial charge in [-0.15, -0.1) is 11.8 Å². The van der Waals surface area contributed by atoms with Gasteiger partial charge in [0.15, 0.2) is 0 Å². The summed E-state index contributed by atoms with van der Waals surface area (Å²) in [6.45, 7) is 0.442. The third kappa shape index (κ3) is 5.56. The van der Waals surface area contributed by atoms with Crippen molar-refractivity contribution in [2.45, 2.75) is 22.0 Å². The first-order valence-electron chi connectivity index (χ1n) is 9.94. The van der Waals surface area contributed by atoms with Crippen LogP contribution in [0.2, 0.25) is 0 Å². The Hall–Kier alpha value is -3.14. The van der Waals surface area contributed by atoms with Gasteiger partial charge in [-0.05, 0) is 60.5 Å². The summed E-state index contributed by atoms with van der Waals surface area (Å²) >= 11 is 1.67. The van der Waals surface area contributed by atoms with Crippen LogP contribution in [0, 0.1) is 0 Å². The molecule has 0 aliphatic heterocycles. The van der Waals surface area contributed by atoms with E-state index in [4.69, 9.17) is 5.14 Å². The number of carbonyl (C=O) groups is 1. The number of hydrogen-bond donors (Lipinski definition) is 2. The third-order valence-electron chi connectivity index (χ3n) is 4.87. The highest BCUT2D eigenvalue weighted by molar-refractivity contribution is 7.98. The molecule has 2 heterocycles. The average molecular weight is 467 g/mol. The average Bonchev–Trinajstić information content (AvgIpc) is 3.21. The zero-order valence-corrected chi connectivity index (χ0v) is 18.8. The van der Waals surface area contributed by atoms with E-state index in [1.807, 2.05) is 59.3 Å². The number of sulfonamides is 1. The Morgan fingerprint density at radius 3 is 2.47 bits per heavy atom. The Kier molecular flexibility index (Phi) is 6.59. The molecule has 9 heteroatoms. The number of hydrogen-bond acceptors (Lipinski definition) is 5. The summed E-state index contributed by atoms with van der Waals surface area (Å²) < 4.78 is 24.6. The van der Waals surface area contributed by atoms with Crippen LogP contribution in [0.4, 0.5) is 0 Å². The molecule has 7 nitrogen and oxygen atoms in total. The molecule has 0 bridgehead atoms. The molecule has 3 N–H and O–H groups in total. The lowest BCUT2D eigenvalue weighted by molar-refractivity contribution is 0.0954. The van der Waals surface area contributed by atoms with E-state index >= 15 is 0 Å². The number of pyridine rings is 1. The molecule has 32 heavy (non-hydrogen) atoms. The van der Waals surface area contributed by atoms with E-state index in [1.165, 1.54) is 12.1 Å². The van der Waals surface area contributed by atoms with Crippen molar-refractivity contribution in [2.24, 2.45) is 5.14 Å². The lowest BCUT2D eigenvalue weighted by Gasteiger charge is -2.07. The number of carbonyl (C=O) groups excluding carboxylic acids is 1. The van der Waals surface area contributed by atoms with Crippen molar-refractivity contribution >= 4 is 33.3 Å². The van der Waals surface area contributed by atoms with E-state index in [2.05, 4.69) is 10.3 Å². The SMILES string of the molecule is NS(=O)(=O)c1ccc(CCNC(=O)c2ccc(SCc3cn4ccccc4n3)cc2)cc1. The van der Waals surface area contributed by atoms with Gasteiger partial charge in [0.1, 0.15) is 5.65 Å². The molecule has 0 saturated heterocycles. The van der Waals surface area contributed by atoms with E-state index in [0.29, 0.717) is 18.5 Å². The van der Waals surface area contributed by atoms with Gasteiger partial charge in [0.05, 0.1) is 10.6 Å². The number of nitrogens with one attached hydrogen (secondary N) is 1. The van der Waals surface area contributed by atoms with Crippen LogP contribution in [0.3, 0.4) is 0 Å².